The molecule has 1 aliphatic rings. The average molecular weight is 428 g/mol. The van der Waals surface area contributed by atoms with Crippen LogP contribution in [0.4, 0.5) is 5.69 Å². The molecule has 3 aromatic rings. The van der Waals surface area contributed by atoms with Crippen molar-refractivity contribution in [3.63, 3.8) is 0 Å². The number of rotatable bonds is 5. The van der Waals surface area contributed by atoms with E-state index in [1.165, 1.54) is 0 Å². The Labute approximate surface area is 178 Å². The van der Waals surface area contributed by atoms with Crippen LogP contribution in [0.1, 0.15) is 11.3 Å². The average Bonchev–Trinajstić information content (AvgIpc) is 2.75. The highest BCUT2D eigenvalue weighted by molar-refractivity contribution is 6.35. The number of hydrogen-bond donors (Lipinski definition) is 2. The molecule has 2 aromatic carbocycles. The molecule has 7 nitrogen and oxygen atoms in total. The van der Waals surface area contributed by atoms with Crippen LogP contribution in [0.15, 0.2) is 41.2 Å². The Balaban J connectivity index is 1.57. The van der Waals surface area contributed by atoms with Gasteiger partial charge in [0.2, 0.25) is 5.91 Å². The van der Waals surface area contributed by atoms with Crippen LogP contribution in [0.5, 0.6) is 11.5 Å². The first kappa shape index (κ1) is 20.3. The summed E-state index contributed by atoms with van der Waals surface area (Å²) in [6.07, 6.45) is 0.623. The lowest BCUT2D eigenvalue weighted by molar-refractivity contribution is -0.117. The van der Waals surface area contributed by atoms with E-state index in [0.717, 1.165) is 5.69 Å². The Morgan fingerprint density at radius 3 is 2.70 bits per heavy atom. The third kappa shape index (κ3) is 3.74. The van der Waals surface area contributed by atoms with Crippen molar-refractivity contribution in [1.82, 2.24) is 9.88 Å². The summed E-state index contributed by atoms with van der Waals surface area (Å²) in [4.78, 5) is 31.0. The van der Waals surface area contributed by atoms with E-state index in [4.69, 9.17) is 21.1 Å². The van der Waals surface area contributed by atoms with Gasteiger partial charge in [0, 0.05) is 30.8 Å². The Bertz CT molecular complexity index is 1170. The number of pyridine rings is 1. The third-order valence-corrected chi connectivity index (χ3v) is 5.60. The van der Waals surface area contributed by atoms with Crippen LogP contribution >= 0.6 is 11.6 Å². The minimum absolute atomic E-state index is 0.127. The van der Waals surface area contributed by atoms with E-state index in [-0.39, 0.29) is 17.9 Å². The van der Waals surface area contributed by atoms with Crippen molar-refractivity contribution < 1.29 is 14.3 Å². The summed E-state index contributed by atoms with van der Waals surface area (Å²) in [5, 5.41) is 3.66. The van der Waals surface area contributed by atoms with Crippen LogP contribution in [0.3, 0.4) is 0 Å². The molecule has 2 heterocycles. The summed E-state index contributed by atoms with van der Waals surface area (Å²) >= 11 is 6.31. The van der Waals surface area contributed by atoms with E-state index in [9.17, 15) is 9.59 Å². The summed E-state index contributed by atoms with van der Waals surface area (Å²) in [6, 6.07) is 10.6. The molecule has 30 heavy (non-hydrogen) atoms. The standard InChI is InChI=1S/C22H22ClN3O4/c1-29-17-6-4-3-5-16(17)24-19(27)12-26-10-9-15-13(11-26)22(28)20-14(23)7-8-18(30-2)21(20)25-15/h3-8H,9-12H2,1-2H3,(H,24,27)(H,25,28). The highest BCUT2D eigenvalue weighted by Gasteiger charge is 2.24. The maximum atomic E-state index is 13.2. The van der Waals surface area contributed by atoms with Gasteiger partial charge in [-0.25, -0.2) is 0 Å². The summed E-state index contributed by atoms with van der Waals surface area (Å²) < 4.78 is 10.6. The van der Waals surface area contributed by atoms with Crippen molar-refractivity contribution in [3.05, 3.63) is 62.9 Å². The summed E-state index contributed by atoms with van der Waals surface area (Å²) in [5.41, 5.74) is 2.59. The highest BCUT2D eigenvalue weighted by Crippen LogP contribution is 2.30. The molecule has 4 rings (SSSR count). The third-order valence-electron chi connectivity index (χ3n) is 5.29. The van der Waals surface area contributed by atoms with E-state index in [1.54, 1.807) is 38.5 Å². The molecule has 0 fully saturated rings. The maximum absolute atomic E-state index is 13.2. The molecule has 1 aliphatic heterocycles. The van der Waals surface area contributed by atoms with Gasteiger partial charge in [0.05, 0.1) is 42.4 Å². The van der Waals surface area contributed by atoms with Gasteiger partial charge < -0.3 is 19.8 Å². The fourth-order valence-electron chi connectivity index (χ4n) is 3.82. The van der Waals surface area contributed by atoms with Crippen LogP contribution < -0.4 is 20.2 Å². The lowest BCUT2D eigenvalue weighted by atomic mass is 10.0. The van der Waals surface area contributed by atoms with Gasteiger partial charge >= 0.3 is 0 Å². The lowest BCUT2D eigenvalue weighted by Gasteiger charge is -2.28. The van der Waals surface area contributed by atoms with E-state index in [1.807, 2.05) is 17.0 Å². The Hall–Kier alpha value is -3.03. The fraction of sp³-hybridized carbons (Fsp3) is 0.273. The van der Waals surface area contributed by atoms with Crippen LogP contribution in [0, 0.1) is 0 Å². The molecular weight excluding hydrogens is 406 g/mol. The number of carbonyl (C=O) groups excluding carboxylic acids is 1. The highest BCUT2D eigenvalue weighted by atomic mass is 35.5. The number of anilines is 1. The number of benzene rings is 2. The van der Waals surface area contributed by atoms with Crippen molar-refractivity contribution in [1.29, 1.82) is 0 Å². The summed E-state index contributed by atoms with van der Waals surface area (Å²) in [6.45, 7) is 1.19. The van der Waals surface area contributed by atoms with Crippen molar-refractivity contribution in [2.24, 2.45) is 0 Å². The van der Waals surface area contributed by atoms with Crippen molar-refractivity contribution in [2.45, 2.75) is 13.0 Å². The quantitative estimate of drug-likeness (QED) is 0.653. The molecule has 0 saturated carbocycles. The molecule has 0 saturated heterocycles. The second-order valence-electron chi connectivity index (χ2n) is 7.12. The van der Waals surface area contributed by atoms with Crippen LogP contribution in [0.2, 0.25) is 5.02 Å². The molecule has 0 radical (unpaired) electrons. The number of hydrogen-bond acceptors (Lipinski definition) is 5. The predicted octanol–water partition coefficient (Wildman–Crippen LogP) is 3.20. The second-order valence-corrected chi connectivity index (χ2v) is 7.53. The Morgan fingerprint density at radius 1 is 1.17 bits per heavy atom. The Kier molecular flexibility index (Phi) is 5.65. The smallest absolute Gasteiger partial charge is 0.238 e. The number of amides is 1. The van der Waals surface area contributed by atoms with E-state index >= 15 is 0 Å². The van der Waals surface area contributed by atoms with Gasteiger partial charge in [-0.2, -0.15) is 0 Å². The number of halogens is 1. The van der Waals surface area contributed by atoms with Gasteiger partial charge in [0.1, 0.15) is 11.5 Å². The van der Waals surface area contributed by atoms with Gasteiger partial charge in [0.15, 0.2) is 5.43 Å². The molecule has 1 aromatic heterocycles. The molecule has 0 unspecified atom stereocenters. The molecular formula is C22H22ClN3O4. The number of aromatic amines is 1. The topological polar surface area (TPSA) is 83.7 Å². The van der Waals surface area contributed by atoms with E-state index in [0.29, 0.717) is 58.2 Å². The van der Waals surface area contributed by atoms with Gasteiger partial charge in [-0.1, -0.05) is 23.7 Å². The van der Waals surface area contributed by atoms with Crippen molar-refractivity contribution >= 4 is 34.1 Å². The number of nitrogens with zero attached hydrogens (tertiary/aromatic N) is 1. The van der Waals surface area contributed by atoms with Gasteiger partial charge in [-0.15, -0.1) is 0 Å². The van der Waals surface area contributed by atoms with Gasteiger partial charge in [-0.3, -0.25) is 14.5 Å². The predicted molar refractivity (Wildman–Crippen MR) is 117 cm³/mol. The zero-order valence-electron chi connectivity index (χ0n) is 16.8. The van der Waals surface area contributed by atoms with Crippen LogP contribution in [-0.2, 0) is 17.8 Å². The molecule has 0 bridgehead atoms. The molecule has 8 heteroatoms. The number of ether oxygens (including phenoxy) is 2. The SMILES string of the molecule is COc1ccccc1NC(=O)CN1CCc2[nH]c3c(OC)ccc(Cl)c3c(=O)c2C1. The number of methoxy groups -OCH3 is 2. The molecule has 0 spiro atoms. The number of carbonyl (C=O) groups is 1. The largest absolute Gasteiger partial charge is 0.495 e. The van der Waals surface area contributed by atoms with E-state index < -0.39 is 0 Å². The van der Waals surface area contributed by atoms with Crippen molar-refractivity contribution in [2.75, 3.05) is 32.6 Å². The summed E-state index contributed by atoms with van der Waals surface area (Å²) in [7, 11) is 3.12. The molecule has 1 amide bonds. The number of H-pyrrole nitrogens is 1. The first-order chi connectivity index (χ1) is 14.5. The second kappa shape index (κ2) is 8.38. The molecule has 156 valence electrons. The molecule has 0 atom stereocenters. The van der Waals surface area contributed by atoms with E-state index in [2.05, 4.69) is 10.3 Å². The fourth-order valence-corrected chi connectivity index (χ4v) is 4.06. The molecule has 2 N–H and O–H groups in total. The first-order valence-corrected chi connectivity index (χ1v) is 9.95. The maximum Gasteiger partial charge on any atom is 0.238 e. The number of para-hydroxylation sites is 2. The zero-order valence-corrected chi connectivity index (χ0v) is 17.5. The Morgan fingerprint density at radius 2 is 1.93 bits per heavy atom. The minimum atomic E-state index is -0.167. The van der Waals surface area contributed by atoms with Crippen LogP contribution in [0.25, 0.3) is 10.9 Å². The normalized spacial score (nSPS) is 13.7. The summed E-state index contributed by atoms with van der Waals surface area (Å²) in [5.74, 6) is 1.01. The monoisotopic (exact) mass is 427 g/mol. The molecule has 0 aliphatic carbocycles. The lowest BCUT2D eigenvalue weighted by Crippen LogP contribution is -2.39. The van der Waals surface area contributed by atoms with Gasteiger partial charge in [0.25, 0.3) is 0 Å². The minimum Gasteiger partial charge on any atom is -0.495 e. The number of fused-ring (bicyclic) bond motifs is 2. The van der Waals surface area contributed by atoms with Crippen molar-refractivity contribution in [3.8, 4) is 11.5 Å². The first-order valence-electron chi connectivity index (χ1n) is 9.57. The van der Waals surface area contributed by atoms with Crippen LogP contribution in [-0.4, -0.2) is 43.1 Å². The number of aromatic nitrogens is 1. The van der Waals surface area contributed by atoms with Gasteiger partial charge in [-0.05, 0) is 24.3 Å². The zero-order chi connectivity index (χ0) is 21.3. The number of nitrogens with one attached hydrogen (secondary N) is 2.